The van der Waals surface area contributed by atoms with Crippen molar-refractivity contribution in [3.05, 3.63) is 22.5 Å². The molecule has 1 atom stereocenters. The fourth-order valence-electron chi connectivity index (χ4n) is 3.34. The number of methoxy groups -OCH3 is 1. The Morgan fingerprint density at radius 2 is 2.08 bits per heavy atom. The summed E-state index contributed by atoms with van der Waals surface area (Å²) in [5.41, 5.74) is 1.96. The van der Waals surface area contributed by atoms with Gasteiger partial charge in [0.1, 0.15) is 17.3 Å². The number of nitrogens with zero attached hydrogens (tertiary/aromatic N) is 3. The van der Waals surface area contributed by atoms with E-state index in [4.69, 9.17) is 4.74 Å². The molecule has 1 aliphatic heterocycles. The van der Waals surface area contributed by atoms with E-state index < -0.39 is 22.0 Å². The van der Waals surface area contributed by atoms with Crippen molar-refractivity contribution in [3.63, 3.8) is 0 Å². The van der Waals surface area contributed by atoms with Gasteiger partial charge in [-0.1, -0.05) is 23.8 Å². The average Bonchev–Trinajstić information content (AvgIpc) is 2.92. The molecule has 0 spiro atoms. The monoisotopic (exact) mass is 397 g/mol. The third-order valence-electron chi connectivity index (χ3n) is 4.70. The van der Waals surface area contributed by atoms with E-state index in [1.165, 1.54) is 15.6 Å². The lowest BCUT2D eigenvalue weighted by Gasteiger charge is -2.31. The van der Waals surface area contributed by atoms with E-state index in [0.717, 1.165) is 34.9 Å². The molecule has 1 aromatic heterocycles. The van der Waals surface area contributed by atoms with Crippen LogP contribution >= 0.6 is 11.3 Å². The molecule has 1 fully saturated rings. The van der Waals surface area contributed by atoms with Crippen LogP contribution < -0.4 is 9.54 Å². The largest absolute Gasteiger partial charge is 0.495 e. The zero-order chi connectivity index (χ0) is 19.1. The lowest BCUT2D eigenvalue weighted by Crippen LogP contribution is -2.47. The van der Waals surface area contributed by atoms with Crippen molar-refractivity contribution in [2.24, 2.45) is 12.0 Å². The Kier molecular flexibility index (Phi) is 5.23. The van der Waals surface area contributed by atoms with Gasteiger partial charge in [0.25, 0.3) is 5.91 Å². The number of sulfonamides is 1. The predicted molar refractivity (Wildman–Crippen MR) is 102 cm³/mol. The van der Waals surface area contributed by atoms with Gasteiger partial charge in [0.05, 0.1) is 18.1 Å². The second-order valence-corrected chi connectivity index (χ2v) is 9.45. The van der Waals surface area contributed by atoms with Gasteiger partial charge < -0.3 is 9.30 Å². The summed E-state index contributed by atoms with van der Waals surface area (Å²) in [6, 6.07) is 3.14. The maximum Gasteiger partial charge on any atom is 0.266 e. The van der Waals surface area contributed by atoms with Gasteiger partial charge in [0.15, 0.2) is 4.80 Å². The number of carbonyl (C=O) groups is 1. The molecule has 142 valence electrons. The molecule has 1 unspecified atom stereocenters. The van der Waals surface area contributed by atoms with Gasteiger partial charge in [-0.15, -0.1) is 0 Å². The molecule has 0 aliphatic carbocycles. The van der Waals surface area contributed by atoms with Gasteiger partial charge in [-0.25, -0.2) is 8.42 Å². The zero-order valence-electron chi connectivity index (χ0n) is 15.4. The Labute approximate surface area is 157 Å². The zero-order valence-corrected chi connectivity index (χ0v) is 17.0. The summed E-state index contributed by atoms with van der Waals surface area (Å²) in [6.45, 7) is 2.37. The van der Waals surface area contributed by atoms with E-state index in [-0.39, 0.29) is 0 Å². The van der Waals surface area contributed by atoms with E-state index in [0.29, 0.717) is 23.5 Å². The Morgan fingerprint density at radius 3 is 2.73 bits per heavy atom. The van der Waals surface area contributed by atoms with Crippen LogP contribution in [0.3, 0.4) is 0 Å². The maximum absolute atomic E-state index is 12.8. The molecule has 1 aromatic carbocycles. The number of piperidine rings is 1. The van der Waals surface area contributed by atoms with Crippen LogP contribution in [-0.2, 0) is 21.9 Å². The minimum absolute atomic E-state index is 0.371. The van der Waals surface area contributed by atoms with Crippen LogP contribution in [-0.4, -0.2) is 49.1 Å². The quantitative estimate of drug-likeness (QED) is 0.791. The third kappa shape index (κ3) is 3.43. The molecule has 1 amide bonds. The molecular formula is C17H23N3O4S2. The summed E-state index contributed by atoms with van der Waals surface area (Å²) in [5.74, 6) is 0.308. The van der Waals surface area contributed by atoms with Gasteiger partial charge in [0, 0.05) is 13.6 Å². The third-order valence-corrected chi connectivity index (χ3v) is 7.25. The molecule has 2 heterocycles. The SMILES string of the molecule is COc1ccc(C)c2sc(=NC(=O)C3CCCCN3S(C)(=O)=O)n(C)c12. The highest BCUT2D eigenvalue weighted by molar-refractivity contribution is 7.88. The second kappa shape index (κ2) is 7.13. The van der Waals surface area contributed by atoms with Gasteiger partial charge in [-0.2, -0.15) is 9.30 Å². The lowest BCUT2D eigenvalue weighted by molar-refractivity contribution is -0.122. The number of amides is 1. The first-order chi connectivity index (χ1) is 12.2. The molecule has 26 heavy (non-hydrogen) atoms. The van der Waals surface area contributed by atoms with Gasteiger partial charge >= 0.3 is 0 Å². The van der Waals surface area contributed by atoms with Crippen LogP contribution in [0.15, 0.2) is 17.1 Å². The standard InChI is InChI=1S/C17H23N3O4S2/c1-11-8-9-13(24-3)14-15(11)25-17(19(14)2)18-16(21)12-7-5-6-10-20(12)26(4,22)23/h8-9,12H,5-7,10H2,1-4H3. The van der Waals surface area contributed by atoms with Crippen molar-refractivity contribution < 1.29 is 17.9 Å². The van der Waals surface area contributed by atoms with E-state index in [2.05, 4.69) is 4.99 Å². The number of hydrogen-bond donors (Lipinski definition) is 0. The molecule has 0 saturated carbocycles. The number of thiazole rings is 1. The predicted octanol–water partition coefficient (Wildman–Crippen LogP) is 1.80. The van der Waals surface area contributed by atoms with Crippen LogP contribution in [0, 0.1) is 6.92 Å². The minimum Gasteiger partial charge on any atom is -0.495 e. The van der Waals surface area contributed by atoms with Gasteiger partial charge in [0.2, 0.25) is 10.0 Å². The van der Waals surface area contributed by atoms with E-state index in [1.807, 2.05) is 30.7 Å². The van der Waals surface area contributed by atoms with Crippen molar-refractivity contribution >= 4 is 37.5 Å². The molecule has 0 bridgehead atoms. The fourth-order valence-corrected chi connectivity index (χ4v) is 5.56. The van der Waals surface area contributed by atoms with Gasteiger partial charge in [-0.05, 0) is 31.4 Å². The molecule has 0 N–H and O–H groups in total. The summed E-state index contributed by atoms with van der Waals surface area (Å²) in [6.07, 6.45) is 3.24. The van der Waals surface area contributed by atoms with Crippen LogP contribution in [0.25, 0.3) is 10.2 Å². The number of aromatic nitrogens is 1. The van der Waals surface area contributed by atoms with Crippen LogP contribution in [0.2, 0.25) is 0 Å². The van der Waals surface area contributed by atoms with Gasteiger partial charge in [-0.3, -0.25) is 4.79 Å². The highest BCUT2D eigenvalue weighted by atomic mass is 32.2. The van der Waals surface area contributed by atoms with Crippen molar-refractivity contribution in [2.75, 3.05) is 19.9 Å². The van der Waals surface area contributed by atoms with Crippen molar-refractivity contribution in [1.29, 1.82) is 0 Å². The highest BCUT2D eigenvalue weighted by Gasteiger charge is 2.34. The van der Waals surface area contributed by atoms with E-state index >= 15 is 0 Å². The Bertz CT molecular complexity index is 1020. The smallest absolute Gasteiger partial charge is 0.266 e. The van der Waals surface area contributed by atoms with E-state index in [1.54, 1.807) is 7.11 Å². The summed E-state index contributed by atoms with van der Waals surface area (Å²) in [5, 5.41) is 0. The number of hydrogen-bond acceptors (Lipinski definition) is 5. The molecule has 0 radical (unpaired) electrons. The molecule has 1 saturated heterocycles. The molecular weight excluding hydrogens is 374 g/mol. The topological polar surface area (TPSA) is 81.0 Å². The molecule has 1 aliphatic rings. The highest BCUT2D eigenvalue weighted by Crippen LogP contribution is 2.29. The summed E-state index contributed by atoms with van der Waals surface area (Å²) in [7, 11) is 0.00694. The first-order valence-corrected chi connectivity index (χ1v) is 11.1. The molecule has 9 heteroatoms. The summed E-state index contributed by atoms with van der Waals surface area (Å²) in [4.78, 5) is 17.6. The number of aryl methyl sites for hydroxylation is 2. The maximum atomic E-state index is 12.8. The van der Waals surface area contributed by atoms with Crippen LogP contribution in [0.5, 0.6) is 5.75 Å². The Hall–Kier alpha value is -1.71. The number of fused-ring (bicyclic) bond motifs is 1. The Balaban J connectivity index is 2.08. The first-order valence-electron chi connectivity index (χ1n) is 8.42. The van der Waals surface area contributed by atoms with Crippen molar-refractivity contribution in [3.8, 4) is 5.75 Å². The fraction of sp³-hybridized carbons (Fsp3) is 0.529. The number of ether oxygens (including phenoxy) is 1. The number of carbonyl (C=O) groups excluding carboxylic acids is 1. The number of rotatable bonds is 3. The molecule has 2 aromatic rings. The second-order valence-electron chi connectivity index (χ2n) is 6.54. The van der Waals surface area contributed by atoms with Crippen LogP contribution in [0.4, 0.5) is 0 Å². The first kappa shape index (κ1) is 19.1. The molecule has 7 nitrogen and oxygen atoms in total. The van der Waals surface area contributed by atoms with Crippen molar-refractivity contribution in [2.45, 2.75) is 32.2 Å². The lowest BCUT2D eigenvalue weighted by atomic mass is 10.0. The Morgan fingerprint density at radius 1 is 1.35 bits per heavy atom. The number of benzene rings is 1. The normalized spacial score (nSPS) is 19.8. The van der Waals surface area contributed by atoms with Crippen molar-refractivity contribution in [1.82, 2.24) is 8.87 Å². The van der Waals surface area contributed by atoms with Crippen LogP contribution in [0.1, 0.15) is 24.8 Å². The minimum atomic E-state index is -3.44. The summed E-state index contributed by atoms with van der Waals surface area (Å²) < 4.78 is 33.5. The summed E-state index contributed by atoms with van der Waals surface area (Å²) >= 11 is 1.41. The molecule has 3 rings (SSSR count). The van der Waals surface area contributed by atoms with E-state index in [9.17, 15) is 13.2 Å². The average molecular weight is 398 g/mol.